The number of hydrogen-bond acceptors (Lipinski definition) is 17. The highest BCUT2D eigenvalue weighted by atomic mass is 16.7. The number of phenols is 4. The van der Waals surface area contributed by atoms with Gasteiger partial charge in [0, 0.05) is 23.8 Å². The van der Waals surface area contributed by atoms with Crippen LogP contribution >= 0.6 is 0 Å². The summed E-state index contributed by atoms with van der Waals surface area (Å²) < 4.78 is 34.3. The first-order valence-corrected chi connectivity index (χ1v) is 16.2. The number of carbonyl (C=O) groups is 1. The number of benzene rings is 3. The first-order valence-electron chi connectivity index (χ1n) is 16.2. The van der Waals surface area contributed by atoms with E-state index in [1.54, 1.807) is 0 Å². The summed E-state index contributed by atoms with van der Waals surface area (Å²) in [6.45, 7) is 0.764. The number of aliphatic hydroxyl groups excluding tert-OH is 5. The molecule has 0 radical (unpaired) electrons. The monoisotopic (exact) mass is 740 g/mol. The zero-order valence-electron chi connectivity index (χ0n) is 27.7. The highest BCUT2D eigenvalue weighted by Gasteiger charge is 2.50. The molecule has 1 aromatic heterocycles. The highest BCUT2D eigenvalue weighted by molar-refractivity contribution is 5.88. The molecule has 17 nitrogen and oxygen atoms in total. The van der Waals surface area contributed by atoms with Crippen LogP contribution in [0.4, 0.5) is 0 Å². The van der Waals surface area contributed by atoms with Gasteiger partial charge in [0.25, 0.3) is 0 Å². The molecule has 2 fully saturated rings. The quantitative estimate of drug-likeness (QED) is 0.0838. The van der Waals surface area contributed by atoms with Crippen molar-refractivity contribution in [2.24, 2.45) is 0 Å². The van der Waals surface area contributed by atoms with Gasteiger partial charge in [-0.1, -0.05) is 12.1 Å². The Bertz CT molecular complexity index is 2010. The van der Waals surface area contributed by atoms with Crippen molar-refractivity contribution in [1.29, 1.82) is 0 Å². The zero-order valence-corrected chi connectivity index (χ0v) is 27.7. The molecule has 10 atom stereocenters. The van der Waals surface area contributed by atoms with Crippen LogP contribution in [-0.4, -0.2) is 120 Å². The summed E-state index contributed by atoms with van der Waals surface area (Å²) >= 11 is 0. The Kier molecular flexibility index (Phi) is 10.9. The molecule has 2 aliphatic heterocycles. The van der Waals surface area contributed by atoms with E-state index in [4.69, 9.17) is 28.1 Å². The fourth-order valence-electron chi connectivity index (χ4n) is 5.84. The molecular weight excluding hydrogens is 704 g/mol. The molecule has 0 bridgehead atoms. The van der Waals surface area contributed by atoms with Crippen LogP contribution in [0.15, 0.2) is 76.0 Å². The van der Waals surface area contributed by atoms with Crippen molar-refractivity contribution in [3.8, 4) is 40.1 Å². The smallest absolute Gasteiger partial charge is 0.331 e. The van der Waals surface area contributed by atoms with Gasteiger partial charge in [-0.25, -0.2) is 4.79 Å². The van der Waals surface area contributed by atoms with Gasteiger partial charge in [-0.05, 0) is 55.0 Å². The lowest BCUT2D eigenvalue weighted by Gasteiger charge is -2.43. The molecule has 0 spiro atoms. The standard InChI is InChI=1S/C36H36O17/c1-15-26(42)28(44)30(46)35(49-15)48-14-23-33(52-24(41)11-4-16-2-7-18(37)8-3-16)29(45)31(47)36(51-23)53-34-27(43)25-21(40)12-20(39)13-22(25)50-32(34)17-5-9-19(38)10-6-17/h2-13,15,23,26,28-31,33,35-40,42,44-47H,14H2,1H3/b11-4+/t15-,23+,26-,28+,29+,30+,31+,33-,35+,36-/m0/s1. The minimum atomic E-state index is -2.03. The van der Waals surface area contributed by atoms with Crippen LogP contribution in [-0.2, 0) is 23.7 Å². The van der Waals surface area contributed by atoms with E-state index in [0.29, 0.717) is 5.56 Å². The lowest BCUT2D eigenvalue weighted by Crippen LogP contribution is -2.62. The van der Waals surface area contributed by atoms with Gasteiger partial charge in [-0.2, -0.15) is 0 Å². The number of aliphatic hydroxyl groups is 5. The summed E-state index contributed by atoms with van der Waals surface area (Å²) in [5.74, 6) is -3.17. The van der Waals surface area contributed by atoms with Gasteiger partial charge in [0.1, 0.15) is 70.6 Å². The van der Waals surface area contributed by atoms with E-state index >= 15 is 0 Å². The van der Waals surface area contributed by atoms with Crippen LogP contribution in [0.3, 0.4) is 0 Å². The molecule has 0 amide bonds. The highest BCUT2D eigenvalue weighted by Crippen LogP contribution is 2.38. The van der Waals surface area contributed by atoms with Gasteiger partial charge >= 0.3 is 5.97 Å². The van der Waals surface area contributed by atoms with Crippen LogP contribution in [0.25, 0.3) is 28.4 Å². The van der Waals surface area contributed by atoms with E-state index in [1.807, 2.05) is 0 Å². The third kappa shape index (κ3) is 7.92. The zero-order chi connectivity index (χ0) is 38.1. The predicted octanol–water partition coefficient (Wildman–Crippen LogP) is 0.577. The van der Waals surface area contributed by atoms with Gasteiger partial charge in [-0.15, -0.1) is 0 Å². The van der Waals surface area contributed by atoms with Gasteiger partial charge in [0.2, 0.25) is 17.5 Å². The second-order valence-corrected chi connectivity index (χ2v) is 12.5. The minimum absolute atomic E-state index is 0.00274. The minimum Gasteiger partial charge on any atom is -0.508 e. The van der Waals surface area contributed by atoms with Gasteiger partial charge in [0.15, 0.2) is 18.2 Å². The first kappa shape index (κ1) is 37.5. The molecule has 6 rings (SSSR count). The Morgan fingerprint density at radius 2 is 1.42 bits per heavy atom. The Morgan fingerprint density at radius 1 is 0.774 bits per heavy atom. The molecule has 2 aliphatic rings. The van der Waals surface area contributed by atoms with E-state index < -0.39 is 102 Å². The summed E-state index contributed by atoms with van der Waals surface area (Å²) in [4.78, 5) is 26.8. The summed E-state index contributed by atoms with van der Waals surface area (Å²) in [7, 11) is 0. The Labute approximate surface area is 299 Å². The number of fused-ring (bicyclic) bond motifs is 1. The molecule has 53 heavy (non-hydrogen) atoms. The van der Waals surface area contributed by atoms with Gasteiger partial charge in [0.05, 0.1) is 12.7 Å². The third-order valence-corrected chi connectivity index (χ3v) is 8.71. The summed E-state index contributed by atoms with van der Waals surface area (Å²) in [5.41, 5.74) is -0.569. The first-order chi connectivity index (χ1) is 25.2. The second-order valence-electron chi connectivity index (χ2n) is 12.5. The molecule has 3 aromatic carbocycles. The van der Waals surface area contributed by atoms with Crippen molar-refractivity contribution in [1.82, 2.24) is 0 Å². The Balaban J connectivity index is 1.33. The molecule has 0 aliphatic carbocycles. The lowest BCUT2D eigenvalue weighted by molar-refractivity contribution is -0.319. The van der Waals surface area contributed by atoms with E-state index in [9.17, 15) is 55.5 Å². The maximum Gasteiger partial charge on any atom is 0.331 e. The van der Waals surface area contributed by atoms with E-state index in [0.717, 1.165) is 18.2 Å². The average Bonchev–Trinajstić information content (AvgIpc) is 3.12. The average molecular weight is 741 g/mol. The van der Waals surface area contributed by atoms with E-state index in [-0.39, 0.29) is 28.4 Å². The van der Waals surface area contributed by atoms with E-state index in [1.165, 1.54) is 61.5 Å². The molecule has 3 heterocycles. The molecule has 17 heteroatoms. The van der Waals surface area contributed by atoms with Crippen molar-refractivity contribution in [2.75, 3.05) is 6.61 Å². The number of ether oxygens (including phenoxy) is 5. The van der Waals surface area contributed by atoms with Crippen molar-refractivity contribution >= 4 is 23.0 Å². The van der Waals surface area contributed by atoms with Crippen molar-refractivity contribution < 1.29 is 78.9 Å². The molecule has 2 saturated heterocycles. The maximum atomic E-state index is 13.9. The lowest BCUT2D eigenvalue weighted by atomic mass is 9.98. The van der Waals surface area contributed by atoms with Crippen molar-refractivity contribution in [3.05, 3.63) is 82.5 Å². The topological polar surface area (TPSA) is 275 Å². The number of rotatable bonds is 9. The van der Waals surface area contributed by atoms with Crippen LogP contribution < -0.4 is 10.2 Å². The Hall–Kier alpha value is -5.24. The fraction of sp³-hybridized carbons (Fsp3) is 0.333. The van der Waals surface area contributed by atoms with Gasteiger partial charge < -0.3 is 74.1 Å². The van der Waals surface area contributed by atoms with Crippen LogP contribution in [0.2, 0.25) is 0 Å². The maximum absolute atomic E-state index is 13.9. The number of carbonyl (C=O) groups excluding carboxylic acids is 1. The van der Waals surface area contributed by atoms with Crippen LogP contribution in [0, 0.1) is 0 Å². The summed E-state index contributed by atoms with van der Waals surface area (Å²) in [6, 6.07) is 13.0. The number of esters is 1. The molecule has 4 aromatic rings. The number of aromatic hydroxyl groups is 4. The molecule has 282 valence electrons. The predicted molar refractivity (Wildman–Crippen MR) is 180 cm³/mol. The van der Waals surface area contributed by atoms with Gasteiger partial charge in [-0.3, -0.25) is 4.79 Å². The fourth-order valence-corrected chi connectivity index (χ4v) is 5.84. The van der Waals surface area contributed by atoms with Crippen LogP contribution in [0.1, 0.15) is 12.5 Å². The largest absolute Gasteiger partial charge is 0.508 e. The van der Waals surface area contributed by atoms with Crippen LogP contribution in [0.5, 0.6) is 28.7 Å². The molecule has 0 unspecified atom stereocenters. The molecular formula is C36H36O17. The second kappa shape index (κ2) is 15.4. The SMILES string of the molecule is C[C@@H]1O[C@@H](OC[C@H]2O[C@@H](Oc3c(-c4ccc(O)cc4)oc4cc(O)cc(O)c4c3=O)[C@H](O)[C@@H](O)[C@H]2OC(=O)/C=C/c2ccc(O)cc2)[C@H](O)[C@H](O)[C@H]1O. The van der Waals surface area contributed by atoms with Crippen molar-refractivity contribution in [3.63, 3.8) is 0 Å². The molecule has 9 N–H and O–H groups in total. The number of phenolic OH excluding ortho intramolecular Hbond substituents is 4. The number of hydrogen-bond donors (Lipinski definition) is 9. The van der Waals surface area contributed by atoms with E-state index in [2.05, 4.69) is 0 Å². The summed E-state index contributed by atoms with van der Waals surface area (Å²) in [6.07, 6.45) is -14.2. The van der Waals surface area contributed by atoms with Crippen molar-refractivity contribution in [2.45, 2.75) is 68.3 Å². The third-order valence-electron chi connectivity index (χ3n) is 8.71. The normalized spacial score (nSPS) is 28.9. The Morgan fingerprint density at radius 3 is 2.09 bits per heavy atom. The molecule has 0 saturated carbocycles. The summed E-state index contributed by atoms with van der Waals surface area (Å²) in [5, 5.41) is 92.9.